The Kier molecular flexibility index (Phi) is 6.92. The number of amides is 4. The lowest BCUT2D eigenvalue weighted by atomic mass is 9.56. The predicted molar refractivity (Wildman–Crippen MR) is 168 cm³/mol. The molecule has 0 bridgehead atoms. The van der Waals surface area contributed by atoms with Gasteiger partial charge in [0, 0.05) is 5.92 Å². The number of halogens is 4. The van der Waals surface area contributed by atoms with Gasteiger partial charge in [-0.25, -0.2) is 9.29 Å². The van der Waals surface area contributed by atoms with E-state index in [4.69, 9.17) is 27.9 Å². The summed E-state index contributed by atoms with van der Waals surface area (Å²) in [6.07, 6.45) is 1.81. The SMILES string of the molecule is COc1cc(C2C3=CCC4C(=O)N(c5ccccc5)C(=O)C4C3CC3(Cl)C(=O)N(c4ccc(F)cc4)C(=O)C23Cl)cc(Br)c1O. The van der Waals surface area contributed by atoms with E-state index >= 15 is 0 Å². The van der Waals surface area contributed by atoms with Crippen LogP contribution in [0, 0.1) is 23.6 Å². The first-order chi connectivity index (χ1) is 21.4. The number of fused-ring (bicyclic) bond motifs is 4. The number of anilines is 2. The van der Waals surface area contributed by atoms with Gasteiger partial charge in [-0.1, -0.05) is 29.8 Å². The summed E-state index contributed by atoms with van der Waals surface area (Å²) in [7, 11) is 1.36. The first-order valence-electron chi connectivity index (χ1n) is 14.2. The number of benzene rings is 3. The van der Waals surface area contributed by atoms with E-state index in [1.807, 2.05) is 6.08 Å². The molecular weight excluding hydrogens is 690 g/mol. The van der Waals surface area contributed by atoms with Crippen LogP contribution in [0.25, 0.3) is 0 Å². The van der Waals surface area contributed by atoms with Gasteiger partial charge in [-0.15, -0.1) is 23.2 Å². The first kappa shape index (κ1) is 30.0. The van der Waals surface area contributed by atoms with Gasteiger partial charge in [0.05, 0.1) is 34.8 Å². The van der Waals surface area contributed by atoms with Crippen LogP contribution in [-0.2, 0) is 19.2 Å². The molecule has 230 valence electrons. The highest BCUT2D eigenvalue weighted by atomic mass is 79.9. The Hall–Kier alpha value is -3.73. The number of ether oxygens (including phenoxy) is 1. The molecule has 0 spiro atoms. The molecule has 45 heavy (non-hydrogen) atoms. The number of methoxy groups -OCH3 is 1. The zero-order chi connectivity index (χ0) is 32.0. The van der Waals surface area contributed by atoms with Crippen molar-refractivity contribution in [1.29, 1.82) is 0 Å². The summed E-state index contributed by atoms with van der Waals surface area (Å²) in [5.74, 6) is -6.51. The summed E-state index contributed by atoms with van der Waals surface area (Å²) in [5, 5.41) is 10.6. The molecule has 6 atom stereocenters. The van der Waals surface area contributed by atoms with Crippen molar-refractivity contribution in [3.05, 3.63) is 94.2 Å². The van der Waals surface area contributed by atoms with Crippen LogP contribution in [0.1, 0.15) is 24.3 Å². The zero-order valence-corrected chi connectivity index (χ0v) is 26.6. The van der Waals surface area contributed by atoms with Crippen LogP contribution >= 0.6 is 39.1 Å². The Morgan fingerprint density at radius 2 is 1.58 bits per heavy atom. The average Bonchev–Trinajstić information content (AvgIpc) is 3.37. The lowest BCUT2D eigenvalue weighted by molar-refractivity contribution is -0.125. The van der Waals surface area contributed by atoms with E-state index in [-0.39, 0.29) is 40.4 Å². The summed E-state index contributed by atoms with van der Waals surface area (Å²) in [6.45, 7) is 0. The number of imide groups is 2. The Bertz CT molecular complexity index is 1840. The van der Waals surface area contributed by atoms with Gasteiger partial charge in [0.15, 0.2) is 21.2 Å². The van der Waals surface area contributed by atoms with Gasteiger partial charge in [0.25, 0.3) is 11.8 Å². The smallest absolute Gasteiger partial charge is 0.258 e. The van der Waals surface area contributed by atoms with E-state index in [2.05, 4.69) is 15.9 Å². The number of phenolic OH excluding ortho intramolecular Hbond substituents is 1. The number of carbonyl (C=O) groups is 4. The van der Waals surface area contributed by atoms with Crippen molar-refractivity contribution < 1.29 is 33.4 Å². The Morgan fingerprint density at radius 1 is 0.911 bits per heavy atom. The summed E-state index contributed by atoms with van der Waals surface area (Å²) >= 11 is 18.1. The molecule has 0 aromatic heterocycles. The van der Waals surface area contributed by atoms with E-state index in [0.29, 0.717) is 16.8 Å². The second-order valence-electron chi connectivity index (χ2n) is 11.7. The van der Waals surface area contributed by atoms with Crippen LogP contribution in [0.15, 0.2) is 82.9 Å². The zero-order valence-electron chi connectivity index (χ0n) is 23.5. The molecular formula is C33H24BrCl2FN2O6. The van der Waals surface area contributed by atoms with Crippen molar-refractivity contribution in [2.24, 2.45) is 17.8 Å². The van der Waals surface area contributed by atoms with Gasteiger partial charge in [-0.3, -0.25) is 24.1 Å². The molecule has 2 aliphatic heterocycles. The number of carbonyl (C=O) groups excluding carboxylic acids is 4. The summed E-state index contributed by atoms with van der Waals surface area (Å²) in [5.41, 5.74) is 1.50. The van der Waals surface area contributed by atoms with Crippen molar-refractivity contribution in [2.45, 2.75) is 28.5 Å². The molecule has 0 radical (unpaired) electrons. The van der Waals surface area contributed by atoms with Crippen LogP contribution in [0.2, 0.25) is 0 Å². The highest BCUT2D eigenvalue weighted by molar-refractivity contribution is 9.10. The summed E-state index contributed by atoms with van der Waals surface area (Å²) < 4.78 is 19.5. The number of hydrogen-bond donors (Lipinski definition) is 1. The monoisotopic (exact) mass is 712 g/mol. The van der Waals surface area contributed by atoms with E-state index in [0.717, 1.165) is 17.0 Å². The second kappa shape index (κ2) is 10.4. The number of nitrogens with zero attached hydrogens (tertiary/aromatic N) is 2. The molecule has 6 unspecified atom stereocenters. The van der Waals surface area contributed by atoms with Crippen molar-refractivity contribution in [1.82, 2.24) is 0 Å². The molecule has 3 fully saturated rings. The van der Waals surface area contributed by atoms with E-state index < -0.39 is 57.0 Å². The number of rotatable bonds is 4. The summed E-state index contributed by atoms with van der Waals surface area (Å²) in [4.78, 5) is 54.5. The average molecular weight is 714 g/mol. The van der Waals surface area contributed by atoms with Crippen LogP contribution in [0.5, 0.6) is 11.5 Å². The normalized spacial score (nSPS) is 30.6. The highest BCUT2D eigenvalue weighted by Gasteiger charge is 2.76. The van der Waals surface area contributed by atoms with E-state index in [9.17, 15) is 28.7 Å². The lowest BCUT2D eigenvalue weighted by Gasteiger charge is -2.50. The Morgan fingerprint density at radius 3 is 2.24 bits per heavy atom. The third-order valence-corrected chi connectivity index (χ3v) is 11.5. The number of aromatic hydroxyl groups is 1. The fraction of sp³-hybridized carbons (Fsp3) is 0.273. The van der Waals surface area contributed by atoms with Crippen molar-refractivity contribution in [2.75, 3.05) is 16.9 Å². The van der Waals surface area contributed by atoms with Crippen LogP contribution in [0.3, 0.4) is 0 Å². The maximum atomic E-state index is 14.5. The van der Waals surface area contributed by atoms with Crippen LogP contribution in [-0.4, -0.2) is 45.6 Å². The molecule has 3 aromatic rings. The molecule has 12 heteroatoms. The number of allylic oxidation sites excluding steroid dienone is 2. The van der Waals surface area contributed by atoms with Gasteiger partial charge in [0.2, 0.25) is 11.8 Å². The van der Waals surface area contributed by atoms with Crippen molar-refractivity contribution >= 4 is 74.1 Å². The summed E-state index contributed by atoms with van der Waals surface area (Å²) in [6, 6.07) is 16.5. The molecule has 2 saturated heterocycles. The first-order valence-corrected chi connectivity index (χ1v) is 15.7. The minimum atomic E-state index is -2.11. The molecule has 1 saturated carbocycles. The minimum Gasteiger partial charge on any atom is -0.503 e. The standard InChI is InChI=1S/C33H24BrCl2FN2O6/c1-45-24-14-16(13-23(34)27(24)40)26-20-11-12-21-25(29(42)38(28(21)41)18-5-3-2-4-6-18)22(20)15-32(35)30(43)39(31(44)33(26,32)36)19-9-7-17(37)8-10-19/h2-11,13-14,21-22,25-26,40H,12,15H2,1H3. The quantitative estimate of drug-likeness (QED) is 0.200. The van der Waals surface area contributed by atoms with Crippen molar-refractivity contribution in [3.63, 3.8) is 0 Å². The molecule has 2 aliphatic carbocycles. The number of phenols is 1. The van der Waals surface area contributed by atoms with Gasteiger partial charge < -0.3 is 9.84 Å². The van der Waals surface area contributed by atoms with Gasteiger partial charge in [-0.2, -0.15) is 0 Å². The van der Waals surface area contributed by atoms with Crippen LogP contribution in [0.4, 0.5) is 15.8 Å². The largest absolute Gasteiger partial charge is 0.503 e. The molecule has 7 rings (SSSR count). The maximum absolute atomic E-state index is 14.5. The molecule has 4 aliphatic rings. The number of alkyl halides is 2. The third kappa shape index (κ3) is 4.01. The molecule has 8 nitrogen and oxygen atoms in total. The predicted octanol–water partition coefficient (Wildman–Crippen LogP) is 6.07. The number of hydrogen-bond acceptors (Lipinski definition) is 6. The molecule has 2 heterocycles. The van der Waals surface area contributed by atoms with Gasteiger partial charge >= 0.3 is 0 Å². The molecule has 3 aromatic carbocycles. The second-order valence-corrected chi connectivity index (χ2v) is 13.7. The van der Waals surface area contributed by atoms with E-state index in [1.165, 1.54) is 30.2 Å². The minimum absolute atomic E-state index is 0.0748. The fourth-order valence-electron chi connectivity index (χ4n) is 7.52. The fourth-order valence-corrected chi connectivity index (χ4v) is 8.92. The Balaban J connectivity index is 1.43. The van der Waals surface area contributed by atoms with Crippen LogP contribution < -0.4 is 14.5 Å². The van der Waals surface area contributed by atoms with E-state index in [1.54, 1.807) is 36.4 Å². The topological polar surface area (TPSA) is 104 Å². The number of para-hydroxylation sites is 1. The van der Waals surface area contributed by atoms with Gasteiger partial charge in [-0.05, 0) is 88.8 Å². The lowest BCUT2D eigenvalue weighted by Crippen LogP contribution is -2.60. The van der Waals surface area contributed by atoms with Crippen molar-refractivity contribution in [3.8, 4) is 11.5 Å². The third-order valence-electron chi connectivity index (χ3n) is 9.51. The highest BCUT2D eigenvalue weighted by Crippen LogP contribution is 2.66. The Labute approximate surface area is 275 Å². The molecule has 1 N–H and O–H groups in total. The molecule has 4 amide bonds. The van der Waals surface area contributed by atoms with Gasteiger partial charge in [0.1, 0.15) is 5.82 Å². The maximum Gasteiger partial charge on any atom is 0.258 e.